The number of amides is 4. The predicted octanol–water partition coefficient (Wildman–Crippen LogP) is 9.08. The Bertz CT molecular complexity index is 2810. The van der Waals surface area contributed by atoms with Gasteiger partial charge >= 0.3 is 12.2 Å². The number of alkyl carbamates (subject to hydrolysis) is 2. The van der Waals surface area contributed by atoms with Crippen molar-refractivity contribution < 1.29 is 28.7 Å². The number of benzene rings is 4. The van der Waals surface area contributed by atoms with E-state index in [-0.39, 0.29) is 23.7 Å². The summed E-state index contributed by atoms with van der Waals surface area (Å²) in [5.41, 5.74) is 15.2. The number of carbonyl (C=O) groups is 4. The molecule has 4 amide bonds. The Morgan fingerprint density at radius 2 is 1.00 bits per heavy atom. The van der Waals surface area contributed by atoms with Crippen molar-refractivity contribution in [3.63, 3.8) is 0 Å². The highest BCUT2D eigenvalue weighted by Gasteiger charge is 2.38. The molecule has 0 radical (unpaired) electrons. The normalized spacial score (nSPS) is 17.9. The van der Waals surface area contributed by atoms with Crippen LogP contribution in [0.25, 0.3) is 44.3 Å². The molecule has 4 unspecified atom stereocenters. The van der Waals surface area contributed by atoms with Gasteiger partial charge in [-0.15, -0.1) is 0 Å². The van der Waals surface area contributed by atoms with Crippen LogP contribution in [0.5, 0.6) is 0 Å². The Kier molecular flexibility index (Phi) is 12.7. The summed E-state index contributed by atoms with van der Waals surface area (Å²) in [6.07, 6.45) is 6.25. The maximum atomic E-state index is 13.9. The van der Waals surface area contributed by atoms with Crippen molar-refractivity contribution in [3.8, 4) is 22.3 Å². The minimum absolute atomic E-state index is 0.143. The fraction of sp³-hybridized carbons (Fsp3) is 0.370. The van der Waals surface area contributed by atoms with E-state index in [1.54, 1.807) is 9.80 Å². The van der Waals surface area contributed by atoms with E-state index in [0.717, 1.165) is 70.0 Å². The van der Waals surface area contributed by atoms with E-state index in [9.17, 15) is 19.2 Å². The first-order valence-corrected chi connectivity index (χ1v) is 23.6. The van der Waals surface area contributed by atoms with Gasteiger partial charge in [-0.1, -0.05) is 99.5 Å². The van der Waals surface area contributed by atoms with Crippen molar-refractivity contribution >= 4 is 46.1 Å². The van der Waals surface area contributed by atoms with Crippen molar-refractivity contribution in [3.05, 3.63) is 130 Å². The van der Waals surface area contributed by atoms with Gasteiger partial charge in [0.2, 0.25) is 11.8 Å². The molecule has 14 nitrogen and oxygen atoms in total. The molecular weight excluding hydrogens is 857 g/mol. The highest BCUT2D eigenvalue weighted by molar-refractivity contribution is 5.89. The summed E-state index contributed by atoms with van der Waals surface area (Å²) in [6.45, 7) is 12.5. The maximum Gasteiger partial charge on any atom is 0.407 e. The SMILES string of the molecule is COC(=O)NC(C(=O)N1CC(C)=CC1c1nc2ccc(-c3cc4ccc3CCc3ccc(c(-c5ccc6nc(C7C=C(C)CN7C(=O)C(NC(=O)OC)C(C)C)[nH]c6c5)c3)CC4)cc2[nH]1)C(C)C. The number of aryl methyl sites for hydroxylation is 4. The number of nitrogens with one attached hydrogen (secondary N) is 4. The third kappa shape index (κ3) is 9.11. The second-order valence-electron chi connectivity index (χ2n) is 19.3. The Morgan fingerprint density at radius 1 is 0.588 bits per heavy atom. The Balaban J connectivity index is 0.956. The topological polar surface area (TPSA) is 175 Å². The van der Waals surface area contributed by atoms with E-state index in [4.69, 9.17) is 19.4 Å². The molecule has 0 saturated carbocycles. The first kappa shape index (κ1) is 45.9. The third-order valence-corrected chi connectivity index (χ3v) is 13.6. The fourth-order valence-corrected chi connectivity index (χ4v) is 9.96. The van der Waals surface area contributed by atoms with Crippen LogP contribution in [0.3, 0.4) is 0 Å². The number of H-pyrrole nitrogens is 2. The van der Waals surface area contributed by atoms with E-state index < -0.39 is 36.4 Å². The van der Waals surface area contributed by atoms with Gasteiger partial charge in [-0.3, -0.25) is 9.59 Å². The number of methoxy groups -OCH3 is 2. The number of hydrogen-bond acceptors (Lipinski definition) is 8. The molecule has 0 saturated heterocycles. The summed E-state index contributed by atoms with van der Waals surface area (Å²) in [5, 5.41) is 5.46. The summed E-state index contributed by atoms with van der Waals surface area (Å²) < 4.78 is 9.65. The summed E-state index contributed by atoms with van der Waals surface area (Å²) in [4.78, 5) is 72.8. The monoisotopic (exact) mass is 916 g/mol. The fourth-order valence-electron chi connectivity index (χ4n) is 9.96. The van der Waals surface area contributed by atoms with E-state index >= 15 is 0 Å². The van der Waals surface area contributed by atoms with Crippen LogP contribution in [-0.2, 0) is 44.7 Å². The summed E-state index contributed by atoms with van der Waals surface area (Å²) >= 11 is 0. The molecule has 14 heteroatoms. The second-order valence-corrected chi connectivity index (χ2v) is 19.3. The van der Waals surface area contributed by atoms with Crippen molar-refractivity contribution in [2.45, 2.75) is 91.4 Å². The molecule has 6 aliphatic rings. The van der Waals surface area contributed by atoms with E-state index in [0.29, 0.717) is 24.7 Å². The Hall–Kier alpha value is -7.22. The van der Waals surface area contributed by atoms with Gasteiger partial charge < -0.3 is 39.9 Å². The lowest BCUT2D eigenvalue weighted by molar-refractivity contribution is -0.135. The molecule has 68 heavy (non-hydrogen) atoms. The van der Waals surface area contributed by atoms with Crippen LogP contribution in [0, 0.1) is 11.8 Å². The smallest absolute Gasteiger partial charge is 0.407 e. The molecule has 4 atom stereocenters. The third-order valence-electron chi connectivity index (χ3n) is 13.6. The number of rotatable bonds is 10. The van der Waals surface area contributed by atoms with Crippen LogP contribution in [0.2, 0.25) is 0 Å². The Morgan fingerprint density at radius 3 is 1.38 bits per heavy atom. The van der Waals surface area contributed by atoms with Gasteiger partial charge in [0, 0.05) is 13.1 Å². The van der Waals surface area contributed by atoms with Gasteiger partial charge in [0.15, 0.2) is 0 Å². The van der Waals surface area contributed by atoms with E-state index in [1.165, 1.54) is 47.6 Å². The van der Waals surface area contributed by atoms with Crippen LogP contribution in [0.15, 0.2) is 96.1 Å². The lowest BCUT2D eigenvalue weighted by Crippen LogP contribution is -2.51. The molecule has 6 aromatic rings. The number of aromatic amines is 2. The summed E-state index contributed by atoms with van der Waals surface area (Å²) in [7, 11) is 2.59. The van der Waals surface area contributed by atoms with Crippen molar-refractivity contribution in [2.75, 3.05) is 27.3 Å². The molecule has 4 heterocycles. The average molecular weight is 917 g/mol. The van der Waals surface area contributed by atoms with Gasteiger partial charge in [0.05, 0.1) is 36.3 Å². The summed E-state index contributed by atoms with van der Waals surface area (Å²) in [5.74, 6) is 0.702. The standard InChI is InChI=1S/C54H60N8O6/c1-29(2)47(59-53(65)67-7)51(63)61-27-31(5)21-45(61)49-55-41-19-17-37(25-43(41)57-49)39-23-33-9-13-35(39)15-11-34-10-14-36(16-12-33)40(24-34)38-18-20-42-44(26-38)58-50(56-42)46-22-32(6)28-62(46)52(64)48(30(3)4)60-54(66)68-8/h9-10,13-14,17-26,29-30,45-48H,11-12,15-16,27-28H2,1-8H3,(H,55,57)(H,56,58)(H,59,65)(H,60,66). The molecular formula is C54H60N8O6. The first-order chi connectivity index (χ1) is 32.7. The highest BCUT2D eigenvalue weighted by Crippen LogP contribution is 2.37. The molecule has 0 spiro atoms. The molecule has 2 aromatic heterocycles. The zero-order valence-electron chi connectivity index (χ0n) is 40.0. The molecule has 352 valence electrons. The van der Waals surface area contributed by atoms with Gasteiger partial charge in [-0.2, -0.15) is 0 Å². The van der Waals surface area contributed by atoms with Crippen LogP contribution >= 0.6 is 0 Å². The molecule has 0 fully saturated rings. The average Bonchev–Trinajstić information content (AvgIpc) is 4.13. The van der Waals surface area contributed by atoms with E-state index in [1.807, 2.05) is 41.5 Å². The van der Waals surface area contributed by atoms with Gasteiger partial charge in [0.25, 0.3) is 0 Å². The van der Waals surface area contributed by atoms with Crippen LogP contribution in [-0.4, -0.2) is 93.1 Å². The number of fused-ring (bicyclic) bond motifs is 2. The van der Waals surface area contributed by atoms with Crippen molar-refractivity contribution in [2.24, 2.45) is 11.8 Å². The predicted molar refractivity (Wildman–Crippen MR) is 263 cm³/mol. The number of aromatic nitrogens is 4. The summed E-state index contributed by atoms with van der Waals surface area (Å²) in [6, 6.07) is 24.2. The molecule has 2 aliphatic heterocycles. The zero-order chi connectivity index (χ0) is 48.0. The van der Waals surface area contributed by atoms with Gasteiger partial charge in [-0.05, 0) is 120 Å². The highest BCUT2D eigenvalue weighted by atomic mass is 16.5. The van der Waals surface area contributed by atoms with Crippen LogP contribution in [0.1, 0.15) is 87.5 Å². The number of nitrogens with zero attached hydrogens (tertiary/aromatic N) is 4. The van der Waals surface area contributed by atoms with Gasteiger partial charge in [-0.25, -0.2) is 19.6 Å². The number of imidazole rings is 2. The van der Waals surface area contributed by atoms with Crippen LogP contribution < -0.4 is 10.6 Å². The van der Waals surface area contributed by atoms with E-state index in [2.05, 4.69) is 106 Å². The molecule has 4 bridgehead atoms. The van der Waals surface area contributed by atoms with Crippen molar-refractivity contribution in [1.82, 2.24) is 40.4 Å². The van der Waals surface area contributed by atoms with Crippen LogP contribution in [0.4, 0.5) is 9.59 Å². The minimum atomic E-state index is -0.739. The van der Waals surface area contributed by atoms with Crippen molar-refractivity contribution in [1.29, 1.82) is 0 Å². The number of ether oxygens (including phenoxy) is 2. The quantitative estimate of drug-likeness (QED) is 0.0985. The minimum Gasteiger partial charge on any atom is -0.453 e. The molecule has 4 aromatic carbocycles. The molecule has 4 N–H and O–H groups in total. The zero-order valence-corrected chi connectivity index (χ0v) is 40.0. The second kappa shape index (κ2) is 18.8. The first-order valence-electron chi connectivity index (χ1n) is 23.6. The largest absolute Gasteiger partial charge is 0.453 e. The maximum absolute atomic E-state index is 13.9. The van der Waals surface area contributed by atoms with Gasteiger partial charge in [0.1, 0.15) is 35.8 Å². The Labute approximate surface area is 396 Å². The number of hydrogen-bond donors (Lipinski definition) is 4. The lowest BCUT2D eigenvalue weighted by Gasteiger charge is -2.30. The lowest BCUT2D eigenvalue weighted by atomic mass is 9.87. The molecule has 4 aliphatic carbocycles. The molecule has 12 rings (SSSR count). The number of carbonyl (C=O) groups excluding carboxylic acids is 4.